The van der Waals surface area contributed by atoms with Gasteiger partial charge in [-0.1, -0.05) is 13.8 Å². The van der Waals surface area contributed by atoms with Gasteiger partial charge in [0.05, 0.1) is 12.1 Å². The molecule has 1 saturated carbocycles. The van der Waals surface area contributed by atoms with E-state index >= 15 is 0 Å². The molecule has 1 aliphatic carbocycles. The van der Waals surface area contributed by atoms with Crippen LogP contribution in [-0.4, -0.2) is 23.4 Å². The molecule has 1 aromatic rings. The highest BCUT2D eigenvalue weighted by Crippen LogP contribution is 2.48. The largest absolute Gasteiger partial charge is 0.334 e. The zero-order valence-electron chi connectivity index (χ0n) is 11.6. The molecule has 19 heavy (non-hydrogen) atoms. The summed E-state index contributed by atoms with van der Waals surface area (Å²) in [6.45, 7) is 4.89. The van der Waals surface area contributed by atoms with Crippen LogP contribution in [0.5, 0.6) is 0 Å². The van der Waals surface area contributed by atoms with Crippen LogP contribution in [0.2, 0.25) is 0 Å². The molecule has 3 nitrogen and oxygen atoms in total. The second kappa shape index (κ2) is 4.91. The van der Waals surface area contributed by atoms with Crippen LogP contribution in [0.25, 0.3) is 0 Å². The number of hydrogen-bond acceptors (Lipinski definition) is 3. The molecule has 2 atom stereocenters. The maximum Gasteiger partial charge on any atom is 0.240 e. The number of carbonyl (C=O) groups excluding carboxylic acids is 1. The summed E-state index contributed by atoms with van der Waals surface area (Å²) in [5.41, 5.74) is 7.47. The van der Waals surface area contributed by atoms with E-state index in [-0.39, 0.29) is 17.9 Å². The first-order valence-electron chi connectivity index (χ1n) is 7.22. The van der Waals surface area contributed by atoms with Gasteiger partial charge in [0.2, 0.25) is 5.91 Å². The second-order valence-corrected chi connectivity index (χ2v) is 7.13. The van der Waals surface area contributed by atoms with Gasteiger partial charge < -0.3 is 10.6 Å². The molecule has 2 N–H and O–H groups in total. The van der Waals surface area contributed by atoms with Crippen molar-refractivity contribution in [2.75, 3.05) is 6.54 Å². The van der Waals surface area contributed by atoms with Crippen molar-refractivity contribution in [1.82, 2.24) is 4.90 Å². The van der Waals surface area contributed by atoms with Crippen LogP contribution in [0, 0.1) is 11.8 Å². The van der Waals surface area contributed by atoms with Crippen LogP contribution in [0.15, 0.2) is 11.4 Å². The van der Waals surface area contributed by atoms with Crippen molar-refractivity contribution in [2.24, 2.45) is 17.6 Å². The highest BCUT2D eigenvalue weighted by molar-refractivity contribution is 7.10. The lowest BCUT2D eigenvalue weighted by Crippen LogP contribution is -2.50. The molecule has 1 fully saturated rings. The first kappa shape index (κ1) is 13.1. The molecule has 0 radical (unpaired) electrons. The zero-order chi connectivity index (χ0) is 13.6. The quantitative estimate of drug-likeness (QED) is 0.923. The highest BCUT2D eigenvalue weighted by Gasteiger charge is 2.42. The Kier molecular flexibility index (Phi) is 3.39. The van der Waals surface area contributed by atoms with Gasteiger partial charge in [0.25, 0.3) is 0 Å². The number of rotatable bonds is 3. The number of amides is 1. The molecule has 0 bridgehead atoms. The fraction of sp³-hybridized carbons (Fsp3) is 0.667. The summed E-state index contributed by atoms with van der Waals surface area (Å²) >= 11 is 1.83. The van der Waals surface area contributed by atoms with E-state index in [1.165, 1.54) is 23.3 Å². The monoisotopic (exact) mass is 278 g/mol. The molecule has 0 aromatic carbocycles. The molecule has 3 rings (SSSR count). The van der Waals surface area contributed by atoms with Crippen LogP contribution in [0.4, 0.5) is 0 Å². The summed E-state index contributed by atoms with van der Waals surface area (Å²) in [5.74, 6) is 1.01. The van der Waals surface area contributed by atoms with E-state index in [0.717, 1.165) is 13.0 Å². The first-order valence-corrected chi connectivity index (χ1v) is 8.10. The number of carbonyl (C=O) groups is 1. The Hall–Kier alpha value is -0.870. The Morgan fingerprint density at radius 1 is 1.47 bits per heavy atom. The van der Waals surface area contributed by atoms with Gasteiger partial charge in [0.1, 0.15) is 0 Å². The molecule has 4 heteroatoms. The predicted molar refractivity (Wildman–Crippen MR) is 78.0 cm³/mol. The minimum absolute atomic E-state index is 0.142. The van der Waals surface area contributed by atoms with E-state index in [4.69, 9.17) is 5.73 Å². The van der Waals surface area contributed by atoms with Crippen molar-refractivity contribution in [3.05, 3.63) is 21.9 Å². The van der Waals surface area contributed by atoms with E-state index < -0.39 is 0 Å². The van der Waals surface area contributed by atoms with Crippen molar-refractivity contribution in [2.45, 2.75) is 45.2 Å². The van der Waals surface area contributed by atoms with E-state index in [2.05, 4.69) is 16.3 Å². The molecule has 0 saturated heterocycles. The van der Waals surface area contributed by atoms with E-state index in [0.29, 0.717) is 12.0 Å². The van der Waals surface area contributed by atoms with Crippen molar-refractivity contribution in [3.63, 3.8) is 0 Å². The van der Waals surface area contributed by atoms with Crippen LogP contribution in [-0.2, 0) is 11.2 Å². The number of hydrogen-bond donors (Lipinski definition) is 1. The van der Waals surface area contributed by atoms with Crippen LogP contribution < -0.4 is 5.73 Å². The lowest BCUT2D eigenvalue weighted by atomic mass is 9.93. The third-order valence-corrected chi connectivity index (χ3v) is 5.37. The molecule has 2 heterocycles. The number of fused-ring (bicyclic) bond motifs is 1. The topological polar surface area (TPSA) is 46.3 Å². The van der Waals surface area contributed by atoms with Gasteiger partial charge in [-0.05, 0) is 48.1 Å². The van der Waals surface area contributed by atoms with Gasteiger partial charge in [0.15, 0.2) is 0 Å². The van der Waals surface area contributed by atoms with Gasteiger partial charge in [-0.3, -0.25) is 4.79 Å². The van der Waals surface area contributed by atoms with Gasteiger partial charge in [-0.25, -0.2) is 0 Å². The van der Waals surface area contributed by atoms with Crippen molar-refractivity contribution in [3.8, 4) is 0 Å². The van der Waals surface area contributed by atoms with E-state index in [1.807, 2.05) is 25.2 Å². The smallest absolute Gasteiger partial charge is 0.240 e. The Labute approximate surface area is 118 Å². The molecular formula is C15H22N2OS. The zero-order valence-corrected chi connectivity index (χ0v) is 12.5. The minimum Gasteiger partial charge on any atom is -0.334 e. The van der Waals surface area contributed by atoms with Gasteiger partial charge in [0, 0.05) is 11.4 Å². The first-order chi connectivity index (χ1) is 9.09. The normalized spacial score (nSPS) is 24.4. The molecular weight excluding hydrogens is 256 g/mol. The Morgan fingerprint density at radius 2 is 2.21 bits per heavy atom. The summed E-state index contributed by atoms with van der Waals surface area (Å²) < 4.78 is 0. The van der Waals surface area contributed by atoms with Gasteiger partial charge in [-0.15, -0.1) is 11.3 Å². The summed E-state index contributed by atoms with van der Waals surface area (Å²) in [5, 5.41) is 2.16. The van der Waals surface area contributed by atoms with Gasteiger partial charge in [-0.2, -0.15) is 0 Å². The SMILES string of the molecule is CC(C)[C@@H](N)C(=O)N1CCc2sccc2C1C1CC1. The Morgan fingerprint density at radius 3 is 2.84 bits per heavy atom. The minimum atomic E-state index is -0.360. The van der Waals surface area contributed by atoms with Crippen LogP contribution >= 0.6 is 11.3 Å². The number of thiophene rings is 1. The Bertz CT molecular complexity index is 478. The summed E-state index contributed by atoms with van der Waals surface area (Å²) in [6.07, 6.45) is 3.49. The van der Waals surface area contributed by atoms with Crippen molar-refractivity contribution >= 4 is 17.2 Å². The average molecular weight is 278 g/mol. The van der Waals surface area contributed by atoms with Crippen LogP contribution in [0.1, 0.15) is 43.2 Å². The summed E-state index contributed by atoms with van der Waals surface area (Å²) in [7, 11) is 0. The molecule has 1 unspecified atom stereocenters. The standard InChI is InChI=1S/C15H22N2OS/c1-9(2)13(16)15(18)17-7-5-12-11(6-8-19-12)14(17)10-3-4-10/h6,8-10,13-14H,3-5,7,16H2,1-2H3/t13-,14?/m1/s1. The maximum atomic E-state index is 12.6. The lowest BCUT2D eigenvalue weighted by molar-refractivity contribution is -0.137. The van der Waals surface area contributed by atoms with Crippen LogP contribution in [0.3, 0.4) is 0 Å². The number of nitrogens with two attached hydrogens (primary N) is 1. The predicted octanol–water partition coefficient (Wildman–Crippen LogP) is 2.57. The molecule has 0 spiro atoms. The highest BCUT2D eigenvalue weighted by atomic mass is 32.1. The molecule has 104 valence electrons. The fourth-order valence-corrected chi connectivity index (χ4v) is 3.90. The van der Waals surface area contributed by atoms with Crippen molar-refractivity contribution < 1.29 is 4.79 Å². The lowest BCUT2D eigenvalue weighted by Gasteiger charge is -2.38. The van der Waals surface area contributed by atoms with Crippen molar-refractivity contribution in [1.29, 1.82) is 0 Å². The maximum absolute atomic E-state index is 12.6. The molecule has 1 amide bonds. The van der Waals surface area contributed by atoms with E-state index in [9.17, 15) is 4.79 Å². The third kappa shape index (κ3) is 2.32. The summed E-state index contributed by atoms with van der Waals surface area (Å²) in [6, 6.07) is 2.15. The number of nitrogens with zero attached hydrogens (tertiary/aromatic N) is 1. The fourth-order valence-electron chi connectivity index (χ4n) is 2.99. The molecule has 1 aliphatic heterocycles. The third-order valence-electron chi connectivity index (χ3n) is 4.37. The van der Waals surface area contributed by atoms with E-state index in [1.54, 1.807) is 0 Å². The molecule has 2 aliphatic rings. The summed E-state index contributed by atoms with van der Waals surface area (Å²) in [4.78, 5) is 16.2. The average Bonchev–Trinajstić information content (AvgIpc) is 3.12. The molecule has 1 aromatic heterocycles. The van der Waals surface area contributed by atoms with Gasteiger partial charge >= 0.3 is 0 Å². The second-order valence-electron chi connectivity index (χ2n) is 6.13. The Balaban J connectivity index is 1.87.